The van der Waals surface area contributed by atoms with Gasteiger partial charge < -0.3 is 9.47 Å². The van der Waals surface area contributed by atoms with Crippen molar-refractivity contribution in [3.05, 3.63) is 59.5 Å². The minimum absolute atomic E-state index is 0.0233. The van der Waals surface area contributed by atoms with Gasteiger partial charge in [0.2, 0.25) is 5.13 Å². The van der Waals surface area contributed by atoms with E-state index in [0.29, 0.717) is 10.7 Å². The van der Waals surface area contributed by atoms with E-state index in [0.717, 1.165) is 11.3 Å². The number of hydrogen-bond donors (Lipinski definition) is 1. The van der Waals surface area contributed by atoms with Crippen LogP contribution in [0.5, 0.6) is 11.5 Å². The van der Waals surface area contributed by atoms with Crippen LogP contribution in [0.15, 0.2) is 59.0 Å². The lowest BCUT2D eigenvalue weighted by Crippen LogP contribution is -2.17. The number of anilines is 1. The number of alkyl halides is 3. The maximum absolute atomic E-state index is 12.5. The van der Waals surface area contributed by atoms with Gasteiger partial charge in [-0.1, -0.05) is 30.3 Å². The van der Waals surface area contributed by atoms with Crippen molar-refractivity contribution in [2.75, 3.05) is 12.5 Å². The van der Waals surface area contributed by atoms with Crippen LogP contribution in [0.4, 0.5) is 18.3 Å². The van der Waals surface area contributed by atoms with E-state index < -0.39 is 12.1 Å². The molecule has 0 aliphatic rings. The maximum atomic E-state index is 12.5. The van der Waals surface area contributed by atoms with Crippen molar-refractivity contribution in [2.45, 2.75) is 6.36 Å². The molecule has 1 heterocycles. The Balaban J connectivity index is 1.69. The van der Waals surface area contributed by atoms with Crippen molar-refractivity contribution in [3.8, 4) is 22.8 Å². The number of aromatic nitrogens is 1. The van der Waals surface area contributed by atoms with Crippen LogP contribution in [0, 0.1) is 0 Å². The number of methoxy groups -OCH3 is 1. The molecular formula is C18H14F3N3O2S. The highest BCUT2D eigenvalue weighted by molar-refractivity contribution is 7.14. The molecule has 0 saturated carbocycles. The van der Waals surface area contributed by atoms with Crippen LogP contribution in [-0.4, -0.2) is 24.7 Å². The van der Waals surface area contributed by atoms with Gasteiger partial charge in [-0.25, -0.2) is 4.98 Å². The molecule has 0 amide bonds. The van der Waals surface area contributed by atoms with Crippen LogP contribution in [0.2, 0.25) is 0 Å². The molecule has 0 bridgehead atoms. The first-order valence-corrected chi connectivity index (χ1v) is 8.56. The maximum Gasteiger partial charge on any atom is 0.573 e. The molecule has 0 radical (unpaired) electrons. The van der Waals surface area contributed by atoms with E-state index in [-0.39, 0.29) is 5.75 Å². The number of thiazole rings is 1. The highest BCUT2D eigenvalue weighted by atomic mass is 32.1. The van der Waals surface area contributed by atoms with Gasteiger partial charge in [0.1, 0.15) is 0 Å². The van der Waals surface area contributed by atoms with Gasteiger partial charge in [0, 0.05) is 10.9 Å². The summed E-state index contributed by atoms with van der Waals surface area (Å²) in [5, 5.41) is 6.45. The predicted molar refractivity (Wildman–Crippen MR) is 98.4 cm³/mol. The summed E-state index contributed by atoms with van der Waals surface area (Å²) in [5.41, 5.74) is 4.96. The summed E-state index contributed by atoms with van der Waals surface area (Å²) in [7, 11) is 1.26. The van der Waals surface area contributed by atoms with Gasteiger partial charge in [-0.2, -0.15) is 5.10 Å². The van der Waals surface area contributed by atoms with Crippen molar-refractivity contribution in [2.24, 2.45) is 5.10 Å². The zero-order chi connectivity index (χ0) is 19.3. The van der Waals surface area contributed by atoms with Crippen molar-refractivity contribution >= 4 is 22.7 Å². The van der Waals surface area contributed by atoms with Crippen LogP contribution < -0.4 is 14.9 Å². The lowest BCUT2D eigenvalue weighted by molar-refractivity contribution is -0.275. The minimum atomic E-state index is -4.81. The van der Waals surface area contributed by atoms with E-state index in [1.165, 1.54) is 36.8 Å². The highest BCUT2D eigenvalue weighted by Gasteiger charge is 2.32. The second-order valence-electron chi connectivity index (χ2n) is 5.23. The molecule has 0 spiro atoms. The van der Waals surface area contributed by atoms with Gasteiger partial charge in [-0.3, -0.25) is 5.43 Å². The molecule has 0 fully saturated rings. The monoisotopic (exact) mass is 393 g/mol. The third-order valence-electron chi connectivity index (χ3n) is 3.36. The molecule has 27 heavy (non-hydrogen) atoms. The van der Waals surface area contributed by atoms with E-state index in [1.807, 2.05) is 35.7 Å². The molecule has 3 aromatic rings. The Morgan fingerprint density at radius 2 is 1.89 bits per heavy atom. The van der Waals surface area contributed by atoms with Crippen molar-refractivity contribution < 1.29 is 22.6 Å². The second kappa shape index (κ2) is 8.09. The molecule has 3 rings (SSSR count). The van der Waals surface area contributed by atoms with E-state index in [2.05, 4.69) is 20.2 Å². The van der Waals surface area contributed by atoms with Crippen molar-refractivity contribution in [1.29, 1.82) is 0 Å². The molecule has 0 unspecified atom stereocenters. The highest BCUT2D eigenvalue weighted by Crippen LogP contribution is 2.32. The molecule has 0 aliphatic carbocycles. The molecule has 0 saturated heterocycles. The van der Waals surface area contributed by atoms with Gasteiger partial charge in [0.25, 0.3) is 0 Å². The van der Waals surface area contributed by atoms with Gasteiger partial charge in [-0.15, -0.1) is 24.5 Å². The Hall–Kier alpha value is -3.07. The van der Waals surface area contributed by atoms with Crippen LogP contribution in [0.1, 0.15) is 5.56 Å². The fraction of sp³-hybridized carbons (Fsp3) is 0.111. The Kier molecular flexibility index (Phi) is 5.60. The number of benzene rings is 2. The first-order chi connectivity index (χ1) is 12.9. The third-order valence-corrected chi connectivity index (χ3v) is 4.11. The molecule has 1 aromatic heterocycles. The molecule has 1 N–H and O–H groups in total. The summed E-state index contributed by atoms with van der Waals surface area (Å²) in [6, 6.07) is 13.8. The molecular weight excluding hydrogens is 379 g/mol. The van der Waals surface area contributed by atoms with Gasteiger partial charge in [0.05, 0.1) is 19.0 Å². The molecule has 9 heteroatoms. The summed E-state index contributed by atoms with van der Waals surface area (Å²) in [6.45, 7) is 0. The summed E-state index contributed by atoms with van der Waals surface area (Å²) >= 11 is 1.37. The lowest BCUT2D eigenvalue weighted by Gasteiger charge is -2.12. The molecule has 2 aromatic carbocycles. The lowest BCUT2D eigenvalue weighted by atomic mass is 10.2. The standard InChI is InChI=1S/C18H14F3N3O2S/c1-25-15-8-7-12(9-16(15)26-18(19,20)21)10-22-24-17-23-14(11-27-17)13-5-3-2-4-6-13/h2-11H,1H3,(H,23,24). The topological polar surface area (TPSA) is 55.7 Å². The normalized spacial score (nSPS) is 11.6. The third kappa shape index (κ3) is 5.20. The first-order valence-electron chi connectivity index (χ1n) is 7.68. The SMILES string of the molecule is COc1ccc(C=NNc2nc(-c3ccccc3)cs2)cc1OC(F)(F)F. The summed E-state index contributed by atoms with van der Waals surface area (Å²) in [5.74, 6) is -0.459. The van der Waals surface area contributed by atoms with Crippen LogP contribution in [-0.2, 0) is 0 Å². The Labute approximate surface area is 157 Å². The van der Waals surface area contributed by atoms with E-state index in [9.17, 15) is 13.2 Å². The molecule has 0 atom stereocenters. The van der Waals surface area contributed by atoms with Crippen molar-refractivity contribution in [1.82, 2.24) is 4.98 Å². The Morgan fingerprint density at radius 1 is 1.11 bits per heavy atom. The smallest absolute Gasteiger partial charge is 0.493 e. The molecule has 0 aliphatic heterocycles. The Bertz CT molecular complexity index is 927. The minimum Gasteiger partial charge on any atom is -0.493 e. The number of hydrazone groups is 1. The number of ether oxygens (including phenoxy) is 2. The quantitative estimate of drug-likeness (QED) is 0.464. The average Bonchev–Trinajstić information content (AvgIpc) is 3.10. The largest absolute Gasteiger partial charge is 0.573 e. The second-order valence-corrected chi connectivity index (χ2v) is 6.09. The van der Waals surface area contributed by atoms with Crippen LogP contribution >= 0.6 is 11.3 Å². The van der Waals surface area contributed by atoms with Crippen LogP contribution in [0.25, 0.3) is 11.3 Å². The average molecular weight is 393 g/mol. The molecule has 140 valence electrons. The Morgan fingerprint density at radius 3 is 2.59 bits per heavy atom. The van der Waals surface area contributed by atoms with E-state index in [1.54, 1.807) is 6.07 Å². The number of hydrogen-bond acceptors (Lipinski definition) is 6. The fourth-order valence-electron chi connectivity index (χ4n) is 2.21. The van der Waals surface area contributed by atoms with E-state index in [4.69, 9.17) is 4.74 Å². The fourth-order valence-corrected chi connectivity index (χ4v) is 2.88. The molecule has 5 nitrogen and oxygen atoms in total. The number of nitrogens with zero attached hydrogens (tertiary/aromatic N) is 2. The summed E-state index contributed by atoms with van der Waals surface area (Å²) < 4.78 is 46.3. The zero-order valence-electron chi connectivity index (χ0n) is 14.0. The number of rotatable bonds is 6. The van der Waals surface area contributed by atoms with Crippen molar-refractivity contribution in [3.63, 3.8) is 0 Å². The number of nitrogens with one attached hydrogen (secondary N) is 1. The van der Waals surface area contributed by atoms with Gasteiger partial charge >= 0.3 is 6.36 Å². The van der Waals surface area contributed by atoms with Gasteiger partial charge in [-0.05, 0) is 23.8 Å². The predicted octanol–water partition coefficient (Wildman–Crippen LogP) is 5.16. The summed E-state index contributed by atoms with van der Waals surface area (Å²) in [6.07, 6.45) is -3.44. The van der Waals surface area contributed by atoms with E-state index >= 15 is 0 Å². The summed E-state index contributed by atoms with van der Waals surface area (Å²) in [4.78, 5) is 4.41. The zero-order valence-corrected chi connectivity index (χ0v) is 14.8. The first kappa shape index (κ1) is 18.7. The van der Waals surface area contributed by atoms with Gasteiger partial charge in [0.15, 0.2) is 11.5 Å². The van der Waals surface area contributed by atoms with Crippen LogP contribution in [0.3, 0.4) is 0 Å². The number of halogens is 3.